The summed E-state index contributed by atoms with van der Waals surface area (Å²) in [6.45, 7) is 8.88. The third-order valence-corrected chi connectivity index (χ3v) is 5.21. The predicted octanol–water partition coefficient (Wildman–Crippen LogP) is 2.27. The van der Waals surface area contributed by atoms with Gasteiger partial charge in [-0.1, -0.05) is 6.92 Å². The maximum atomic E-state index is 13.1. The van der Waals surface area contributed by atoms with Crippen LogP contribution >= 0.6 is 0 Å². The summed E-state index contributed by atoms with van der Waals surface area (Å²) >= 11 is 0. The van der Waals surface area contributed by atoms with Crippen LogP contribution in [0.1, 0.15) is 51.5 Å². The highest BCUT2D eigenvalue weighted by Crippen LogP contribution is 2.39. The second-order valence-corrected chi connectivity index (χ2v) is 6.66. The Morgan fingerprint density at radius 2 is 2.00 bits per heavy atom. The maximum absolute atomic E-state index is 13.1. The average Bonchev–Trinajstić information content (AvgIpc) is 3.13. The Bertz CT molecular complexity index is 524. The molecule has 1 spiro atoms. The Balaban J connectivity index is 1.77. The Kier molecular flexibility index (Phi) is 4.52. The maximum Gasteiger partial charge on any atom is 0.243 e. The van der Waals surface area contributed by atoms with Gasteiger partial charge in [-0.05, 0) is 45.6 Å². The van der Waals surface area contributed by atoms with E-state index in [0.717, 1.165) is 64.8 Å². The van der Waals surface area contributed by atoms with Crippen molar-refractivity contribution in [2.45, 2.75) is 64.6 Å². The minimum absolute atomic E-state index is 0.234. The van der Waals surface area contributed by atoms with Gasteiger partial charge in [-0.3, -0.25) is 14.4 Å². The van der Waals surface area contributed by atoms with Gasteiger partial charge in [-0.2, -0.15) is 5.10 Å². The molecule has 1 amide bonds. The highest BCUT2D eigenvalue weighted by atomic mass is 16.2. The van der Waals surface area contributed by atoms with Crippen LogP contribution in [0.4, 0.5) is 0 Å². The predicted molar refractivity (Wildman–Crippen MR) is 86.4 cm³/mol. The molecule has 1 unspecified atom stereocenters. The van der Waals surface area contributed by atoms with E-state index in [1.165, 1.54) is 5.56 Å². The van der Waals surface area contributed by atoms with Gasteiger partial charge in [-0.25, -0.2) is 0 Å². The Morgan fingerprint density at radius 3 is 2.68 bits per heavy atom. The van der Waals surface area contributed by atoms with Crippen LogP contribution in [0.15, 0.2) is 12.4 Å². The molecule has 122 valence electrons. The van der Waals surface area contributed by atoms with Gasteiger partial charge in [0.2, 0.25) is 5.91 Å². The van der Waals surface area contributed by atoms with E-state index in [4.69, 9.17) is 0 Å². The first kappa shape index (κ1) is 15.5. The lowest BCUT2D eigenvalue weighted by atomic mass is 9.85. The summed E-state index contributed by atoms with van der Waals surface area (Å²) in [5.41, 5.74) is 0.991. The van der Waals surface area contributed by atoms with Crippen molar-refractivity contribution < 1.29 is 4.79 Å². The number of carbonyl (C=O) groups excluding carboxylic acids is 1. The van der Waals surface area contributed by atoms with Gasteiger partial charge >= 0.3 is 0 Å². The third kappa shape index (κ3) is 2.67. The zero-order valence-electron chi connectivity index (χ0n) is 13.9. The zero-order chi connectivity index (χ0) is 15.6. The molecule has 2 fully saturated rings. The van der Waals surface area contributed by atoms with Crippen LogP contribution < -0.4 is 0 Å². The van der Waals surface area contributed by atoms with Crippen LogP contribution in [0.2, 0.25) is 0 Å². The van der Waals surface area contributed by atoms with Crippen LogP contribution in [0.5, 0.6) is 0 Å². The lowest BCUT2D eigenvalue weighted by Crippen LogP contribution is -2.59. The molecule has 2 aliphatic rings. The van der Waals surface area contributed by atoms with E-state index in [-0.39, 0.29) is 5.54 Å². The molecular formula is C17H28N4O. The molecule has 0 bridgehead atoms. The summed E-state index contributed by atoms with van der Waals surface area (Å²) < 4.78 is 1.96. The number of nitrogens with zero attached hydrogens (tertiary/aromatic N) is 4. The van der Waals surface area contributed by atoms with Gasteiger partial charge in [-0.15, -0.1) is 0 Å². The smallest absolute Gasteiger partial charge is 0.243 e. The number of likely N-dealkylation sites (tertiary alicyclic amines) is 2. The normalized spacial score (nSPS) is 26.3. The van der Waals surface area contributed by atoms with E-state index in [1.54, 1.807) is 0 Å². The SMILES string of the molecule is CCCN1CCCC2(CCCN2Cc2cnn(CC)c2)C1=O. The number of hydrogen-bond acceptors (Lipinski definition) is 3. The molecule has 2 aliphatic heterocycles. The van der Waals surface area contributed by atoms with E-state index >= 15 is 0 Å². The summed E-state index contributed by atoms with van der Waals surface area (Å²) in [5, 5.41) is 4.37. The minimum Gasteiger partial charge on any atom is -0.341 e. The van der Waals surface area contributed by atoms with Gasteiger partial charge in [0.1, 0.15) is 5.54 Å². The largest absolute Gasteiger partial charge is 0.341 e. The quantitative estimate of drug-likeness (QED) is 0.838. The van der Waals surface area contributed by atoms with E-state index in [2.05, 4.69) is 34.9 Å². The average molecular weight is 304 g/mol. The molecule has 2 saturated heterocycles. The Labute approximate surface area is 133 Å². The molecule has 1 aromatic rings. The molecule has 0 N–H and O–H groups in total. The first-order valence-electron chi connectivity index (χ1n) is 8.75. The molecule has 5 nitrogen and oxygen atoms in total. The molecule has 22 heavy (non-hydrogen) atoms. The zero-order valence-corrected chi connectivity index (χ0v) is 13.9. The Morgan fingerprint density at radius 1 is 1.23 bits per heavy atom. The van der Waals surface area contributed by atoms with Crippen LogP contribution in [0.3, 0.4) is 0 Å². The number of amides is 1. The monoisotopic (exact) mass is 304 g/mol. The highest BCUT2D eigenvalue weighted by molar-refractivity contribution is 5.87. The molecule has 0 saturated carbocycles. The fraction of sp³-hybridized carbons (Fsp3) is 0.765. The number of hydrogen-bond donors (Lipinski definition) is 0. The first-order valence-corrected chi connectivity index (χ1v) is 8.75. The fourth-order valence-electron chi connectivity index (χ4n) is 4.12. The topological polar surface area (TPSA) is 41.4 Å². The van der Waals surface area contributed by atoms with Crippen LogP contribution in [-0.2, 0) is 17.9 Å². The van der Waals surface area contributed by atoms with Crippen molar-refractivity contribution >= 4 is 5.91 Å². The van der Waals surface area contributed by atoms with Crippen molar-refractivity contribution in [3.8, 4) is 0 Å². The van der Waals surface area contributed by atoms with Crippen molar-refractivity contribution in [1.29, 1.82) is 0 Å². The summed E-state index contributed by atoms with van der Waals surface area (Å²) in [6, 6.07) is 0. The summed E-state index contributed by atoms with van der Waals surface area (Å²) in [7, 11) is 0. The van der Waals surface area contributed by atoms with Crippen molar-refractivity contribution in [3.63, 3.8) is 0 Å². The lowest BCUT2D eigenvalue weighted by Gasteiger charge is -2.44. The van der Waals surface area contributed by atoms with Gasteiger partial charge < -0.3 is 4.90 Å². The fourth-order valence-corrected chi connectivity index (χ4v) is 4.12. The van der Waals surface area contributed by atoms with Crippen molar-refractivity contribution in [2.75, 3.05) is 19.6 Å². The number of carbonyl (C=O) groups is 1. The first-order chi connectivity index (χ1) is 10.7. The van der Waals surface area contributed by atoms with Crippen LogP contribution in [0, 0.1) is 0 Å². The molecule has 1 aromatic heterocycles. The van der Waals surface area contributed by atoms with Crippen molar-refractivity contribution in [2.24, 2.45) is 0 Å². The van der Waals surface area contributed by atoms with Crippen LogP contribution in [-0.4, -0.2) is 50.7 Å². The molecule has 0 radical (unpaired) electrons. The van der Waals surface area contributed by atoms with E-state index < -0.39 is 0 Å². The van der Waals surface area contributed by atoms with Crippen molar-refractivity contribution in [3.05, 3.63) is 18.0 Å². The van der Waals surface area contributed by atoms with Crippen LogP contribution in [0.25, 0.3) is 0 Å². The lowest BCUT2D eigenvalue weighted by molar-refractivity contribution is -0.147. The van der Waals surface area contributed by atoms with E-state index in [9.17, 15) is 4.79 Å². The second kappa shape index (κ2) is 6.41. The van der Waals surface area contributed by atoms with Gasteiger partial charge in [0.15, 0.2) is 0 Å². The van der Waals surface area contributed by atoms with Gasteiger partial charge in [0.05, 0.1) is 6.20 Å². The van der Waals surface area contributed by atoms with E-state index in [1.807, 2.05) is 10.9 Å². The molecule has 3 rings (SSSR count). The number of rotatable bonds is 5. The summed E-state index contributed by atoms with van der Waals surface area (Å²) in [5.74, 6) is 0.376. The standard InChI is InChI=1S/C17H28N4O/c1-3-9-19-10-5-7-17(16(19)22)8-6-11-20(17)13-15-12-18-21(4-2)14-15/h12,14H,3-11,13H2,1-2H3. The molecule has 0 aliphatic carbocycles. The molecule has 1 atom stereocenters. The minimum atomic E-state index is -0.234. The van der Waals surface area contributed by atoms with Gasteiger partial charge in [0.25, 0.3) is 0 Å². The van der Waals surface area contributed by atoms with Crippen molar-refractivity contribution in [1.82, 2.24) is 19.6 Å². The van der Waals surface area contributed by atoms with E-state index in [0.29, 0.717) is 5.91 Å². The third-order valence-electron chi connectivity index (χ3n) is 5.21. The Hall–Kier alpha value is -1.36. The number of aryl methyl sites for hydroxylation is 1. The highest BCUT2D eigenvalue weighted by Gasteiger charge is 2.50. The molecular weight excluding hydrogens is 276 g/mol. The second-order valence-electron chi connectivity index (χ2n) is 6.66. The summed E-state index contributed by atoms with van der Waals surface area (Å²) in [4.78, 5) is 17.6. The molecule has 3 heterocycles. The molecule has 5 heteroatoms. The van der Waals surface area contributed by atoms with Gasteiger partial charge in [0, 0.05) is 37.9 Å². The number of aromatic nitrogens is 2. The summed E-state index contributed by atoms with van der Waals surface area (Å²) in [6.07, 6.45) is 9.42. The molecule has 0 aromatic carbocycles. The number of piperidine rings is 1.